The number of benzene rings is 5. The highest BCUT2D eigenvalue weighted by Gasteiger charge is 2.54. The van der Waals surface area contributed by atoms with Gasteiger partial charge in [0.1, 0.15) is 11.5 Å². The Kier molecular flexibility index (Phi) is 4.69. The molecule has 5 aromatic rings. The molecule has 0 aliphatic carbocycles. The lowest BCUT2D eigenvalue weighted by Crippen LogP contribution is -2.33. The van der Waals surface area contributed by atoms with Crippen LogP contribution in [0.15, 0.2) is 102 Å². The third-order valence-corrected chi connectivity index (χ3v) is 7.66. The molecule has 0 fully saturated rings. The van der Waals surface area contributed by atoms with Gasteiger partial charge in [0.15, 0.2) is 5.60 Å². The molecule has 0 amide bonds. The first kappa shape index (κ1) is 21.5. The molecule has 2 aliphatic rings. The smallest absolute Gasteiger partial charge is 0.340 e. The number of hydrogen-bond acceptors (Lipinski definition) is 4. The van der Waals surface area contributed by atoms with Crippen LogP contribution in [-0.2, 0) is 10.3 Å². The van der Waals surface area contributed by atoms with E-state index < -0.39 is 5.60 Å². The summed E-state index contributed by atoms with van der Waals surface area (Å²) in [7, 11) is 0. The highest BCUT2D eigenvalue weighted by molar-refractivity contribution is 9.10. The van der Waals surface area contributed by atoms with E-state index in [1.165, 1.54) is 0 Å². The number of nitrogens with one attached hydrogen (secondary N) is 1. The van der Waals surface area contributed by atoms with Crippen LogP contribution < -0.4 is 10.1 Å². The second-order valence-electron chi connectivity index (χ2n) is 8.84. The van der Waals surface area contributed by atoms with Gasteiger partial charge in [0.2, 0.25) is 0 Å². The molecule has 0 aromatic heterocycles. The molecule has 1 unspecified atom stereocenters. The van der Waals surface area contributed by atoms with E-state index >= 15 is 0 Å². The molecule has 2 heterocycles. The van der Waals surface area contributed by atoms with Crippen molar-refractivity contribution in [3.05, 3.63) is 129 Å². The highest BCUT2D eigenvalue weighted by atomic mass is 79.9. The Morgan fingerprint density at radius 1 is 0.806 bits per heavy atom. The van der Waals surface area contributed by atoms with Crippen LogP contribution in [0.3, 0.4) is 0 Å². The Labute approximate surface area is 220 Å². The average Bonchev–Trinajstić information content (AvgIpc) is 3.19. The van der Waals surface area contributed by atoms with Crippen LogP contribution in [-0.4, -0.2) is 5.97 Å². The van der Waals surface area contributed by atoms with Crippen LogP contribution in [0, 0.1) is 0 Å². The van der Waals surface area contributed by atoms with E-state index in [-0.39, 0.29) is 5.97 Å². The number of anilines is 2. The first-order chi connectivity index (χ1) is 17.5. The molecule has 0 radical (unpaired) electrons. The van der Waals surface area contributed by atoms with Gasteiger partial charge in [0.05, 0.1) is 16.3 Å². The van der Waals surface area contributed by atoms with Crippen molar-refractivity contribution < 1.29 is 14.3 Å². The first-order valence-electron chi connectivity index (χ1n) is 11.4. The normalized spacial score (nSPS) is 17.2. The number of fused-ring (bicyclic) bond motifs is 8. The van der Waals surface area contributed by atoms with Crippen molar-refractivity contribution >= 4 is 55.6 Å². The second kappa shape index (κ2) is 7.85. The van der Waals surface area contributed by atoms with E-state index in [4.69, 9.17) is 21.1 Å². The fourth-order valence-corrected chi connectivity index (χ4v) is 5.68. The maximum atomic E-state index is 13.1. The molecule has 1 N–H and O–H groups in total. The van der Waals surface area contributed by atoms with E-state index in [2.05, 4.69) is 21.2 Å². The lowest BCUT2D eigenvalue weighted by atomic mass is 9.77. The van der Waals surface area contributed by atoms with Gasteiger partial charge in [-0.05, 0) is 47.9 Å². The van der Waals surface area contributed by atoms with E-state index in [1.54, 1.807) is 6.07 Å². The molecule has 0 saturated carbocycles. The number of hydrogen-bond donors (Lipinski definition) is 1. The quantitative estimate of drug-likeness (QED) is 0.222. The standard InChI is InChI=1S/C30H17BrClNO3/c31-18-10-12-19(13-11-18)33-26-16-27-24(15-25(26)32)30(22-8-4-3-7-21(22)29(34)36-30)23-14-9-17-5-1-2-6-20(17)28(23)35-27/h1-16,33H. The van der Waals surface area contributed by atoms with Crippen molar-refractivity contribution in [2.24, 2.45) is 0 Å². The minimum atomic E-state index is -1.17. The SMILES string of the molecule is O=C1OC2(c3cc(Cl)c(Nc4ccc(Br)cc4)cc3Oc3c2ccc2ccccc32)c2ccccc21. The summed E-state index contributed by atoms with van der Waals surface area (Å²) in [4.78, 5) is 13.1. The van der Waals surface area contributed by atoms with E-state index in [0.717, 1.165) is 32.1 Å². The van der Waals surface area contributed by atoms with Crippen LogP contribution in [0.25, 0.3) is 10.8 Å². The predicted octanol–water partition coefficient (Wildman–Crippen LogP) is 8.57. The number of halogens is 2. The lowest BCUT2D eigenvalue weighted by molar-refractivity contribution is 0.0225. The molecule has 0 bridgehead atoms. The summed E-state index contributed by atoms with van der Waals surface area (Å²) in [6.45, 7) is 0. The molecular weight excluding hydrogens is 538 g/mol. The zero-order chi connectivity index (χ0) is 24.4. The maximum absolute atomic E-state index is 13.1. The third kappa shape index (κ3) is 3.03. The molecule has 0 saturated heterocycles. The predicted molar refractivity (Wildman–Crippen MR) is 145 cm³/mol. The molecule has 5 aromatic carbocycles. The van der Waals surface area contributed by atoms with Crippen molar-refractivity contribution in [3.8, 4) is 11.5 Å². The first-order valence-corrected chi connectivity index (χ1v) is 12.6. The zero-order valence-corrected chi connectivity index (χ0v) is 21.1. The van der Waals surface area contributed by atoms with Gasteiger partial charge in [-0.3, -0.25) is 0 Å². The van der Waals surface area contributed by atoms with Gasteiger partial charge in [0.25, 0.3) is 0 Å². The van der Waals surface area contributed by atoms with Crippen molar-refractivity contribution in [2.75, 3.05) is 5.32 Å². The Hall–Kier alpha value is -3.80. The van der Waals surface area contributed by atoms with Gasteiger partial charge >= 0.3 is 5.97 Å². The summed E-state index contributed by atoms with van der Waals surface area (Å²) in [5.41, 5.74) is 3.19. The molecule has 36 heavy (non-hydrogen) atoms. The topological polar surface area (TPSA) is 47.6 Å². The van der Waals surface area contributed by atoms with Crippen molar-refractivity contribution in [3.63, 3.8) is 0 Å². The summed E-state index contributed by atoms with van der Waals surface area (Å²) in [6, 6.07) is 31.1. The lowest BCUT2D eigenvalue weighted by Gasteiger charge is -2.37. The molecule has 174 valence electrons. The minimum absolute atomic E-state index is 0.370. The van der Waals surface area contributed by atoms with Crippen LogP contribution in [0.4, 0.5) is 11.4 Å². The number of ether oxygens (including phenoxy) is 2. The van der Waals surface area contributed by atoms with Crippen LogP contribution >= 0.6 is 27.5 Å². The highest BCUT2D eigenvalue weighted by Crippen LogP contribution is 2.58. The van der Waals surface area contributed by atoms with Gasteiger partial charge in [-0.1, -0.05) is 76.1 Å². The zero-order valence-electron chi connectivity index (χ0n) is 18.7. The largest absolute Gasteiger partial charge is 0.456 e. The van der Waals surface area contributed by atoms with E-state index in [0.29, 0.717) is 33.3 Å². The van der Waals surface area contributed by atoms with Crippen molar-refractivity contribution in [2.45, 2.75) is 5.60 Å². The van der Waals surface area contributed by atoms with Crippen molar-refractivity contribution in [1.29, 1.82) is 0 Å². The molecule has 7 rings (SSSR count). The summed E-state index contributed by atoms with van der Waals surface area (Å²) < 4.78 is 13.9. The van der Waals surface area contributed by atoms with Crippen LogP contribution in [0.2, 0.25) is 5.02 Å². The Balaban J connectivity index is 1.49. The van der Waals surface area contributed by atoms with E-state index in [9.17, 15) is 4.79 Å². The molecule has 2 aliphatic heterocycles. The summed E-state index contributed by atoms with van der Waals surface area (Å²) in [5, 5.41) is 5.85. The molecule has 6 heteroatoms. The number of rotatable bonds is 2. The molecule has 1 atom stereocenters. The maximum Gasteiger partial charge on any atom is 0.340 e. The fourth-order valence-electron chi connectivity index (χ4n) is 5.20. The minimum Gasteiger partial charge on any atom is -0.456 e. The molecular formula is C30H17BrClNO3. The summed E-state index contributed by atoms with van der Waals surface area (Å²) in [5.74, 6) is 0.875. The second-order valence-corrected chi connectivity index (χ2v) is 10.2. The monoisotopic (exact) mass is 553 g/mol. The van der Waals surface area contributed by atoms with Crippen LogP contribution in [0.5, 0.6) is 11.5 Å². The summed E-state index contributed by atoms with van der Waals surface area (Å²) in [6.07, 6.45) is 0. The number of carbonyl (C=O) groups is 1. The van der Waals surface area contributed by atoms with Gasteiger partial charge in [-0.15, -0.1) is 0 Å². The third-order valence-electron chi connectivity index (χ3n) is 6.81. The Morgan fingerprint density at radius 2 is 1.58 bits per heavy atom. The van der Waals surface area contributed by atoms with Gasteiger partial charge in [0, 0.05) is 38.3 Å². The summed E-state index contributed by atoms with van der Waals surface area (Å²) >= 11 is 10.3. The molecule has 1 spiro atoms. The molecule has 4 nitrogen and oxygen atoms in total. The Morgan fingerprint density at radius 3 is 2.44 bits per heavy atom. The number of esters is 1. The average molecular weight is 555 g/mol. The van der Waals surface area contributed by atoms with Crippen molar-refractivity contribution in [1.82, 2.24) is 0 Å². The van der Waals surface area contributed by atoms with Gasteiger partial charge in [-0.2, -0.15) is 0 Å². The number of carbonyl (C=O) groups excluding carboxylic acids is 1. The van der Waals surface area contributed by atoms with E-state index in [1.807, 2.05) is 91.0 Å². The van der Waals surface area contributed by atoms with Gasteiger partial charge in [-0.25, -0.2) is 4.79 Å². The Bertz CT molecular complexity index is 1720. The van der Waals surface area contributed by atoms with Gasteiger partial charge < -0.3 is 14.8 Å². The van der Waals surface area contributed by atoms with Crippen LogP contribution in [0.1, 0.15) is 27.0 Å². The fraction of sp³-hybridized carbons (Fsp3) is 0.0333.